The fourth-order valence-electron chi connectivity index (χ4n) is 8.09. The van der Waals surface area contributed by atoms with Crippen molar-refractivity contribution in [3.8, 4) is 0 Å². The highest BCUT2D eigenvalue weighted by Crippen LogP contribution is 2.38. The molecule has 290 valence electrons. The van der Waals surface area contributed by atoms with Crippen molar-refractivity contribution in [2.24, 2.45) is 0 Å². The third-order valence-electron chi connectivity index (χ3n) is 11.3. The van der Waals surface area contributed by atoms with Crippen molar-refractivity contribution < 1.29 is 19.2 Å². The molecule has 0 radical (unpaired) electrons. The molecule has 2 N–H and O–H groups in total. The summed E-state index contributed by atoms with van der Waals surface area (Å²) in [6, 6.07) is 43.4. The van der Waals surface area contributed by atoms with Gasteiger partial charge in [0.2, 0.25) is 0 Å². The standard InChI is InChI=1S/C52H38N4O4/c1-29-37-25-38-30(2)46(50(58)34-19-11-6-12-20-34)43(54-38)28-44-48(52(60)36-23-15-8-16-24-36)32(4)40(56-44)26-39-31(3)47(51(59)35-21-13-7-14-22-35)42(55-39)27-41(53-37)45(29)49(57)33-17-9-5-10-18-33/h5-28,53-54H,1-4H3. The van der Waals surface area contributed by atoms with E-state index in [1.807, 2.05) is 107 Å². The summed E-state index contributed by atoms with van der Waals surface area (Å²) in [4.78, 5) is 74.9. The number of aromatic amines is 2. The number of rotatable bonds is 8. The van der Waals surface area contributed by atoms with E-state index in [4.69, 9.17) is 9.97 Å². The minimum Gasteiger partial charge on any atom is -0.355 e. The molecular weight excluding hydrogens is 745 g/mol. The van der Waals surface area contributed by atoms with Gasteiger partial charge >= 0.3 is 0 Å². The predicted octanol–water partition coefficient (Wildman–Crippen LogP) is 11.0. The number of ketones is 4. The number of nitrogens with one attached hydrogen (secondary N) is 2. The molecular formula is C52H38N4O4. The number of aryl methyl sites for hydroxylation is 2. The zero-order valence-electron chi connectivity index (χ0n) is 33.4. The molecule has 2 aliphatic heterocycles. The second-order valence-corrected chi connectivity index (χ2v) is 15.0. The molecule has 3 aromatic heterocycles. The van der Waals surface area contributed by atoms with Crippen LogP contribution in [0.3, 0.4) is 0 Å². The minimum atomic E-state index is -0.221. The van der Waals surface area contributed by atoms with Crippen LogP contribution in [0.15, 0.2) is 146 Å². The quantitative estimate of drug-likeness (QED) is 0.148. The summed E-state index contributed by atoms with van der Waals surface area (Å²) in [5, 5.41) is 0. The van der Waals surface area contributed by atoms with Crippen molar-refractivity contribution in [1.82, 2.24) is 19.9 Å². The van der Waals surface area contributed by atoms with Crippen molar-refractivity contribution >= 4 is 67.5 Å². The average Bonchev–Trinajstić information content (AvgIpc) is 3.96. The van der Waals surface area contributed by atoms with Crippen molar-refractivity contribution in [3.05, 3.63) is 213 Å². The molecule has 2 aliphatic rings. The van der Waals surface area contributed by atoms with E-state index in [1.54, 1.807) is 66.7 Å². The topological polar surface area (TPSA) is 126 Å². The molecule has 0 spiro atoms. The number of benzene rings is 4. The number of carbonyl (C=O) groups is 4. The van der Waals surface area contributed by atoms with Gasteiger partial charge in [-0.2, -0.15) is 0 Å². The van der Waals surface area contributed by atoms with Gasteiger partial charge in [0.25, 0.3) is 0 Å². The number of Topliss-reactive ketones (excluding diaryl/α,β-unsaturated/α-hetero) is 2. The number of hydrogen-bond donors (Lipinski definition) is 2. The van der Waals surface area contributed by atoms with E-state index in [9.17, 15) is 19.2 Å². The minimum absolute atomic E-state index is 0.198. The van der Waals surface area contributed by atoms with Gasteiger partial charge in [-0.3, -0.25) is 19.2 Å². The SMILES string of the molecule is CC1=C(C(=O)c2ccccc2)c2cc3[nH]c(cc4[nH]c(cc5nc(cc1n2)C(C)=C5C(=O)c1ccccc1)c(C(=O)c1ccccc1)c4C)c(C)c3C(=O)c1ccccc1. The summed E-state index contributed by atoms with van der Waals surface area (Å²) in [6.45, 7) is 7.45. The molecule has 9 rings (SSSR count). The van der Waals surface area contributed by atoms with Crippen LogP contribution in [-0.2, 0) is 0 Å². The first-order valence-corrected chi connectivity index (χ1v) is 19.7. The molecule has 8 bridgehead atoms. The molecule has 0 saturated carbocycles. The largest absolute Gasteiger partial charge is 0.355 e. The van der Waals surface area contributed by atoms with Crippen LogP contribution in [0.2, 0.25) is 0 Å². The maximum Gasteiger partial charge on any atom is 0.195 e. The number of nitrogens with zero attached hydrogens (tertiary/aromatic N) is 2. The van der Waals surface area contributed by atoms with Crippen molar-refractivity contribution in [3.63, 3.8) is 0 Å². The number of hydrogen-bond acceptors (Lipinski definition) is 6. The Morgan fingerprint density at radius 2 is 0.683 bits per heavy atom. The number of aromatic nitrogens is 4. The van der Waals surface area contributed by atoms with Crippen molar-refractivity contribution in [2.45, 2.75) is 27.7 Å². The summed E-state index contributed by atoms with van der Waals surface area (Å²) in [7, 11) is 0. The zero-order chi connectivity index (χ0) is 41.7. The molecule has 0 aliphatic carbocycles. The van der Waals surface area contributed by atoms with Gasteiger partial charge in [-0.1, -0.05) is 121 Å². The Morgan fingerprint density at radius 1 is 0.367 bits per heavy atom. The Kier molecular flexibility index (Phi) is 9.53. The molecule has 60 heavy (non-hydrogen) atoms. The molecule has 7 aromatic rings. The van der Waals surface area contributed by atoms with Gasteiger partial charge in [-0.25, -0.2) is 9.97 Å². The number of allylic oxidation sites excluding steroid dienone is 4. The van der Waals surface area contributed by atoms with Gasteiger partial charge in [-0.15, -0.1) is 0 Å². The summed E-state index contributed by atoms with van der Waals surface area (Å²) in [5.74, 6) is -0.839. The lowest BCUT2D eigenvalue weighted by atomic mass is 9.95. The number of carbonyl (C=O) groups excluding carboxylic acids is 4. The Bertz CT molecular complexity index is 2960. The zero-order valence-corrected chi connectivity index (χ0v) is 33.4. The van der Waals surface area contributed by atoms with Crippen LogP contribution in [0, 0.1) is 13.8 Å². The monoisotopic (exact) mass is 782 g/mol. The molecule has 0 fully saturated rings. The second-order valence-electron chi connectivity index (χ2n) is 15.0. The van der Waals surface area contributed by atoms with Crippen molar-refractivity contribution in [2.75, 3.05) is 0 Å². The van der Waals surface area contributed by atoms with E-state index in [-0.39, 0.29) is 23.1 Å². The molecule has 5 heterocycles. The first kappa shape index (κ1) is 37.7. The first-order valence-electron chi connectivity index (χ1n) is 19.7. The molecule has 0 saturated heterocycles. The van der Waals surface area contributed by atoms with Crippen molar-refractivity contribution in [1.29, 1.82) is 0 Å². The van der Waals surface area contributed by atoms with Crippen LogP contribution >= 0.6 is 0 Å². The third-order valence-corrected chi connectivity index (χ3v) is 11.3. The fraction of sp³-hybridized carbons (Fsp3) is 0.0769. The first-order chi connectivity index (χ1) is 29.1. The maximum atomic E-state index is 14.4. The molecule has 0 unspecified atom stereocenters. The molecule has 0 atom stereocenters. The molecule has 8 nitrogen and oxygen atoms in total. The summed E-state index contributed by atoms with van der Waals surface area (Å²) < 4.78 is 0. The Morgan fingerprint density at radius 3 is 1.02 bits per heavy atom. The lowest BCUT2D eigenvalue weighted by molar-refractivity contribution is 0.103. The van der Waals surface area contributed by atoms with Crippen LogP contribution < -0.4 is 0 Å². The lowest BCUT2D eigenvalue weighted by Crippen LogP contribution is -2.03. The van der Waals surface area contributed by atoms with E-state index in [1.165, 1.54) is 0 Å². The summed E-state index contributed by atoms with van der Waals surface area (Å²) in [6.07, 6.45) is 0. The van der Waals surface area contributed by atoms with Crippen LogP contribution in [0.5, 0.6) is 0 Å². The predicted molar refractivity (Wildman–Crippen MR) is 237 cm³/mol. The molecule has 0 amide bonds. The van der Waals surface area contributed by atoms with Gasteiger partial charge in [0.15, 0.2) is 23.1 Å². The smallest absolute Gasteiger partial charge is 0.195 e. The van der Waals surface area contributed by atoms with E-state index in [0.717, 1.165) is 0 Å². The fourth-order valence-corrected chi connectivity index (χ4v) is 8.09. The second kappa shape index (κ2) is 15.2. The van der Waals surface area contributed by atoms with Gasteiger partial charge in [0.05, 0.1) is 56.1 Å². The van der Waals surface area contributed by atoms with Gasteiger partial charge in [-0.05, 0) is 74.2 Å². The normalized spacial score (nSPS) is 12.5. The van der Waals surface area contributed by atoms with E-state index < -0.39 is 0 Å². The van der Waals surface area contributed by atoms with Gasteiger partial charge in [0, 0.05) is 33.3 Å². The number of H-pyrrole nitrogens is 2. The highest BCUT2D eigenvalue weighted by Gasteiger charge is 2.29. The van der Waals surface area contributed by atoms with Gasteiger partial charge < -0.3 is 9.97 Å². The lowest BCUT2D eigenvalue weighted by Gasteiger charge is -2.05. The highest BCUT2D eigenvalue weighted by atomic mass is 16.1. The van der Waals surface area contributed by atoms with E-state index in [0.29, 0.717) is 112 Å². The molecule has 4 aromatic carbocycles. The number of fused-ring (bicyclic) bond motifs is 8. The maximum absolute atomic E-state index is 14.4. The van der Waals surface area contributed by atoms with Gasteiger partial charge in [0.1, 0.15) is 0 Å². The van der Waals surface area contributed by atoms with E-state index >= 15 is 0 Å². The Hall–Kier alpha value is -7.84. The summed E-state index contributed by atoms with van der Waals surface area (Å²) in [5.41, 5.74) is 10.1. The average molecular weight is 783 g/mol. The Labute approximate surface area is 346 Å². The highest BCUT2D eigenvalue weighted by molar-refractivity contribution is 6.36. The Balaban J connectivity index is 1.42. The van der Waals surface area contributed by atoms with E-state index in [2.05, 4.69) is 9.97 Å². The van der Waals surface area contributed by atoms with Crippen LogP contribution in [0.25, 0.3) is 44.4 Å². The summed E-state index contributed by atoms with van der Waals surface area (Å²) >= 11 is 0. The third kappa shape index (κ3) is 6.54. The molecule has 8 heteroatoms. The van der Waals surface area contributed by atoms with Crippen LogP contribution in [0.1, 0.15) is 100 Å². The van der Waals surface area contributed by atoms with Crippen LogP contribution in [0.4, 0.5) is 0 Å². The van der Waals surface area contributed by atoms with Crippen LogP contribution in [-0.4, -0.2) is 43.1 Å².